The number of nitro benzene ring substituents is 1. The van der Waals surface area contributed by atoms with E-state index in [1.807, 2.05) is 0 Å². The van der Waals surface area contributed by atoms with Gasteiger partial charge in [-0.05, 0) is 18.2 Å². The van der Waals surface area contributed by atoms with E-state index in [1.54, 1.807) is 24.3 Å². The molecule has 0 fully saturated rings. The van der Waals surface area contributed by atoms with Crippen LogP contribution in [0.3, 0.4) is 0 Å². The smallest absolute Gasteiger partial charge is 0.270 e. The van der Waals surface area contributed by atoms with Gasteiger partial charge in [-0.3, -0.25) is 19.5 Å². The summed E-state index contributed by atoms with van der Waals surface area (Å²) in [6.45, 7) is -0.0259. The summed E-state index contributed by atoms with van der Waals surface area (Å²) in [5.41, 5.74) is 0.344. The minimum absolute atomic E-state index is 0.0259. The van der Waals surface area contributed by atoms with Gasteiger partial charge in [-0.2, -0.15) is 4.98 Å². The zero-order valence-electron chi connectivity index (χ0n) is 13.6. The van der Waals surface area contributed by atoms with Crippen molar-refractivity contribution in [1.82, 2.24) is 19.7 Å². The third-order valence-electron chi connectivity index (χ3n) is 3.91. The number of hydrogen-bond acceptors (Lipinski definition) is 7. The fourth-order valence-corrected chi connectivity index (χ4v) is 2.81. The number of aromatic nitrogens is 4. The lowest BCUT2D eigenvalue weighted by Crippen LogP contribution is -2.21. The Labute approximate surface area is 156 Å². The zero-order valence-corrected chi connectivity index (χ0v) is 14.3. The van der Waals surface area contributed by atoms with Crippen LogP contribution in [-0.4, -0.2) is 24.6 Å². The number of fused-ring (bicyclic) bond motifs is 1. The normalized spacial score (nSPS) is 11.0. The number of rotatable bonds is 4. The molecule has 0 saturated carbocycles. The monoisotopic (exact) mass is 383 g/mol. The summed E-state index contributed by atoms with van der Waals surface area (Å²) in [6.07, 6.45) is 1.33. The molecule has 0 aliphatic carbocycles. The summed E-state index contributed by atoms with van der Waals surface area (Å²) in [4.78, 5) is 31.4. The molecule has 9 nitrogen and oxygen atoms in total. The first-order valence-electron chi connectivity index (χ1n) is 7.74. The minimum Gasteiger partial charge on any atom is -0.337 e. The average Bonchev–Trinajstić information content (AvgIpc) is 3.12. The second kappa shape index (κ2) is 6.61. The van der Waals surface area contributed by atoms with Gasteiger partial charge in [-0.1, -0.05) is 28.9 Å². The maximum atomic E-state index is 12.6. The number of halogens is 1. The molecular formula is C17H10ClN5O4. The number of hydrogen-bond donors (Lipinski definition) is 0. The molecular weight excluding hydrogens is 374 g/mol. The Bertz CT molecular complexity index is 1230. The lowest BCUT2D eigenvalue weighted by atomic mass is 10.2. The van der Waals surface area contributed by atoms with Crippen molar-refractivity contribution in [2.24, 2.45) is 0 Å². The molecule has 0 N–H and O–H groups in total. The molecule has 0 amide bonds. The van der Waals surface area contributed by atoms with E-state index in [1.165, 1.54) is 29.1 Å². The third-order valence-corrected chi connectivity index (χ3v) is 4.24. The van der Waals surface area contributed by atoms with E-state index in [0.717, 1.165) is 0 Å². The Kier molecular flexibility index (Phi) is 4.13. The molecule has 27 heavy (non-hydrogen) atoms. The van der Waals surface area contributed by atoms with Crippen LogP contribution in [0.25, 0.3) is 22.3 Å². The van der Waals surface area contributed by atoms with Crippen LogP contribution < -0.4 is 5.56 Å². The van der Waals surface area contributed by atoms with Gasteiger partial charge in [-0.15, -0.1) is 0 Å². The Morgan fingerprint density at radius 2 is 2.04 bits per heavy atom. The van der Waals surface area contributed by atoms with Gasteiger partial charge in [0.05, 0.1) is 27.2 Å². The molecule has 10 heteroatoms. The van der Waals surface area contributed by atoms with Crippen LogP contribution in [0.5, 0.6) is 0 Å². The highest BCUT2D eigenvalue weighted by Crippen LogP contribution is 2.25. The van der Waals surface area contributed by atoms with Gasteiger partial charge in [-0.25, -0.2) is 4.98 Å². The van der Waals surface area contributed by atoms with Gasteiger partial charge in [0.1, 0.15) is 6.54 Å². The predicted molar refractivity (Wildman–Crippen MR) is 96.5 cm³/mol. The van der Waals surface area contributed by atoms with Crippen LogP contribution in [0.1, 0.15) is 5.89 Å². The fourth-order valence-electron chi connectivity index (χ4n) is 2.59. The molecule has 0 radical (unpaired) electrons. The van der Waals surface area contributed by atoms with E-state index in [2.05, 4.69) is 15.1 Å². The second-order valence-electron chi connectivity index (χ2n) is 5.63. The molecule has 0 atom stereocenters. The summed E-state index contributed by atoms with van der Waals surface area (Å²) in [7, 11) is 0. The summed E-state index contributed by atoms with van der Waals surface area (Å²) < 4.78 is 6.44. The van der Waals surface area contributed by atoms with Crippen molar-refractivity contribution in [3.05, 3.63) is 80.2 Å². The second-order valence-corrected chi connectivity index (χ2v) is 6.03. The van der Waals surface area contributed by atoms with E-state index < -0.39 is 10.5 Å². The first-order valence-corrected chi connectivity index (χ1v) is 8.12. The topological polar surface area (TPSA) is 117 Å². The molecule has 0 aliphatic heterocycles. The van der Waals surface area contributed by atoms with Crippen LogP contribution in [-0.2, 0) is 6.54 Å². The molecule has 0 aliphatic rings. The van der Waals surface area contributed by atoms with Gasteiger partial charge < -0.3 is 4.52 Å². The van der Waals surface area contributed by atoms with E-state index in [4.69, 9.17) is 16.1 Å². The summed E-state index contributed by atoms with van der Waals surface area (Å²) in [5.74, 6) is 0.478. The van der Waals surface area contributed by atoms with Gasteiger partial charge in [0.15, 0.2) is 0 Å². The highest BCUT2D eigenvalue weighted by Gasteiger charge is 2.14. The summed E-state index contributed by atoms with van der Waals surface area (Å²) >= 11 is 6.12. The summed E-state index contributed by atoms with van der Waals surface area (Å²) in [5, 5.41) is 15.4. The van der Waals surface area contributed by atoms with Crippen molar-refractivity contribution in [3.63, 3.8) is 0 Å². The van der Waals surface area contributed by atoms with Crippen molar-refractivity contribution >= 4 is 28.2 Å². The first-order chi connectivity index (χ1) is 13.0. The van der Waals surface area contributed by atoms with Crippen LogP contribution in [0.4, 0.5) is 5.69 Å². The Hall–Kier alpha value is -3.59. The van der Waals surface area contributed by atoms with Crippen LogP contribution in [0, 0.1) is 10.1 Å². The quantitative estimate of drug-likeness (QED) is 0.392. The molecule has 0 spiro atoms. The molecule has 4 rings (SSSR count). The van der Waals surface area contributed by atoms with Gasteiger partial charge in [0.2, 0.25) is 11.7 Å². The molecule has 2 aromatic heterocycles. The minimum atomic E-state index is -0.565. The number of benzene rings is 2. The van der Waals surface area contributed by atoms with E-state index >= 15 is 0 Å². The highest BCUT2D eigenvalue weighted by atomic mass is 35.5. The van der Waals surface area contributed by atoms with Crippen molar-refractivity contribution < 1.29 is 9.45 Å². The number of nitrogens with zero attached hydrogens (tertiary/aromatic N) is 5. The maximum absolute atomic E-state index is 12.6. The lowest BCUT2D eigenvalue weighted by Gasteiger charge is -2.03. The summed E-state index contributed by atoms with van der Waals surface area (Å²) in [6, 6.07) is 11.0. The largest absolute Gasteiger partial charge is 0.337 e. The Balaban J connectivity index is 1.70. The third kappa shape index (κ3) is 3.15. The van der Waals surface area contributed by atoms with Crippen LogP contribution in [0.15, 0.2) is 58.1 Å². The molecule has 0 unspecified atom stereocenters. The van der Waals surface area contributed by atoms with Gasteiger partial charge in [0, 0.05) is 17.7 Å². The lowest BCUT2D eigenvalue weighted by molar-refractivity contribution is -0.384. The van der Waals surface area contributed by atoms with Crippen molar-refractivity contribution in [2.45, 2.75) is 6.54 Å². The molecule has 134 valence electrons. The van der Waals surface area contributed by atoms with Gasteiger partial charge >= 0.3 is 0 Å². The SMILES string of the molecule is O=c1c2cc([N+](=O)[O-])ccc2ncn1Cc1nc(-c2ccccc2Cl)no1. The van der Waals surface area contributed by atoms with Crippen molar-refractivity contribution in [2.75, 3.05) is 0 Å². The van der Waals surface area contributed by atoms with E-state index in [0.29, 0.717) is 21.9 Å². The maximum Gasteiger partial charge on any atom is 0.270 e. The first kappa shape index (κ1) is 16.9. The van der Waals surface area contributed by atoms with Crippen LogP contribution in [0.2, 0.25) is 5.02 Å². The standard InChI is InChI=1S/C17H10ClN5O4/c18-13-4-2-1-3-11(13)16-20-15(27-21-16)8-22-9-19-14-6-5-10(23(25)26)7-12(14)17(22)24/h1-7,9H,8H2. The predicted octanol–water partition coefficient (Wildman–Crippen LogP) is 3.06. The molecule has 2 heterocycles. The molecule has 4 aromatic rings. The number of non-ortho nitro benzene ring substituents is 1. The van der Waals surface area contributed by atoms with Crippen molar-refractivity contribution in [1.29, 1.82) is 0 Å². The van der Waals surface area contributed by atoms with Crippen LogP contribution >= 0.6 is 11.6 Å². The number of nitro groups is 1. The fraction of sp³-hybridized carbons (Fsp3) is 0.0588. The average molecular weight is 384 g/mol. The van der Waals surface area contributed by atoms with Gasteiger partial charge in [0.25, 0.3) is 11.2 Å². The molecule has 0 bridgehead atoms. The highest BCUT2D eigenvalue weighted by molar-refractivity contribution is 6.33. The zero-order chi connectivity index (χ0) is 19.0. The van der Waals surface area contributed by atoms with E-state index in [-0.39, 0.29) is 23.5 Å². The Morgan fingerprint density at radius 3 is 2.81 bits per heavy atom. The van der Waals surface area contributed by atoms with Crippen molar-refractivity contribution in [3.8, 4) is 11.4 Å². The molecule has 2 aromatic carbocycles. The van der Waals surface area contributed by atoms with E-state index in [9.17, 15) is 14.9 Å². The molecule has 0 saturated heterocycles. The Morgan fingerprint density at radius 1 is 1.22 bits per heavy atom.